The molecule has 5 atom stereocenters. The van der Waals surface area contributed by atoms with Gasteiger partial charge in [0.1, 0.15) is 30.0 Å². The first-order chi connectivity index (χ1) is 25.5. The number of halogens is 2. The highest BCUT2D eigenvalue weighted by molar-refractivity contribution is 7.91. The Balaban J connectivity index is 1.25. The number of nitrogens with one attached hydrogen (secondary N) is 3. The van der Waals surface area contributed by atoms with Gasteiger partial charge in [0.25, 0.3) is 5.91 Å². The van der Waals surface area contributed by atoms with Gasteiger partial charge < -0.3 is 29.6 Å². The van der Waals surface area contributed by atoms with E-state index in [1.165, 1.54) is 16.8 Å². The topological polar surface area (TPSA) is 222 Å². The van der Waals surface area contributed by atoms with Gasteiger partial charge in [0.05, 0.1) is 37.2 Å². The van der Waals surface area contributed by atoms with Crippen molar-refractivity contribution in [3.05, 3.63) is 43.0 Å². The molecule has 21 heteroatoms. The van der Waals surface area contributed by atoms with Gasteiger partial charge in [-0.2, -0.15) is 4.80 Å². The predicted octanol–water partition coefficient (Wildman–Crippen LogP) is 1.28. The van der Waals surface area contributed by atoms with Crippen LogP contribution in [0, 0.1) is 11.3 Å². The van der Waals surface area contributed by atoms with Crippen LogP contribution in [0.2, 0.25) is 0 Å². The number of carbonyl (C=O) groups is 4. The molecular formula is C33H42F2N10O8S. The molecule has 0 bridgehead atoms. The lowest BCUT2D eigenvalue weighted by Gasteiger charge is -2.35. The summed E-state index contributed by atoms with van der Waals surface area (Å²) < 4.78 is 67.4. The number of sulfonamides is 1. The number of likely N-dealkylation sites (tertiary alicyclic amines) is 1. The highest BCUT2D eigenvalue weighted by Crippen LogP contribution is 2.48. The largest absolute Gasteiger partial charge is 0.497 e. The van der Waals surface area contributed by atoms with Crippen LogP contribution in [-0.4, -0.2) is 116 Å². The molecule has 54 heavy (non-hydrogen) atoms. The van der Waals surface area contributed by atoms with Crippen LogP contribution < -0.4 is 20.1 Å². The number of ether oxygens (including phenoxy) is 2. The van der Waals surface area contributed by atoms with Crippen LogP contribution in [0.25, 0.3) is 11.4 Å². The third kappa shape index (κ3) is 8.29. The first-order valence-corrected chi connectivity index (χ1v) is 18.9. The molecule has 3 aliphatic rings. The van der Waals surface area contributed by atoms with Crippen molar-refractivity contribution in [2.24, 2.45) is 11.3 Å². The molecule has 3 fully saturated rings. The first-order valence-electron chi connectivity index (χ1n) is 17.3. The molecule has 1 aromatic carbocycles. The van der Waals surface area contributed by atoms with Gasteiger partial charge >= 0.3 is 6.09 Å². The summed E-state index contributed by atoms with van der Waals surface area (Å²) in [6, 6.07) is 3.46. The molecule has 6 rings (SSSR count). The van der Waals surface area contributed by atoms with Crippen molar-refractivity contribution >= 4 is 33.8 Å². The summed E-state index contributed by atoms with van der Waals surface area (Å²) in [7, 11) is -2.61. The Hall–Kier alpha value is -5.21. The van der Waals surface area contributed by atoms with E-state index in [0.717, 1.165) is 0 Å². The number of hydrogen-bond acceptors (Lipinski definition) is 12. The van der Waals surface area contributed by atoms with Gasteiger partial charge in [-0.25, -0.2) is 27.0 Å². The van der Waals surface area contributed by atoms with Crippen LogP contribution in [0.4, 0.5) is 13.6 Å². The summed E-state index contributed by atoms with van der Waals surface area (Å²) in [6.07, 6.45) is 0.834. The van der Waals surface area contributed by atoms with Crippen molar-refractivity contribution in [2.75, 3.05) is 20.3 Å². The summed E-state index contributed by atoms with van der Waals surface area (Å²) in [5.74, 6) is -3.77. The van der Waals surface area contributed by atoms with Gasteiger partial charge in [-0.3, -0.25) is 19.1 Å². The van der Waals surface area contributed by atoms with Crippen molar-refractivity contribution in [2.45, 2.75) is 88.3 Å². The molecule has 3 heterocycles. The monoisotopic (exact) mass is 776 g/mol. The molecular weight excluding hydrogens is 734 g/mol. The number of carbonyl (C=O) groups excluding carboxylic acids is 4. The zero-order chi connectivity index (χ0) is 39.0. The fraction of sp³-hybridized carbons (Fsp3) is 0.576. The number of alkyl halides is 2. The Morgan fingerprint density at radius 2 is 1.83 bits per heavy atom. The minimum atomic E-state index is -4.14. The molecule has 18 nitrogen and oxygen atoms in total. The van der Waals surface area contributed by atoms with Crippen LogP contribution in [0.15, 0.2) is 43.0 Å². The van der Waals surface area contributed by atoms with Crippen molar-refractivity contribution < 1.29 is 45.9 Å². The second kappa shape index (κ2) is 14.9. The number of benzene rings is 1. The molecule has 1 aliphatic heterocycles. The number of nitrogens with zero attached hydrogens (tertiary/aromatic N) is 7. The molecule has 1 saturated heterocycles. The number of amides is 4. The highest BCUT2D eigenvalue weighted by Gasteiger charge is 2.66. The van der Waals surface area contributed by atoms with Crippen LogP contribution >= 0.6 is 0 Å². The smallest absolute Gasteiger partial charge is 0.407 e. The lowest BCUT2D eigenvalue weighted by atomic mass is 9.85. The molecule has 0 radical (unpaired) electrons. The van der Waals surface area contributed by atoms with Gasteiger partial charge in [0, 0.05) is 30.9 Å². The lowest BCUT2D eigenvalue weighted by Crippen LogP contribution is -2.60. The number of hydrogen-bond donors (Lipinski definition) is 3. The maximum atomic E-state index is 14.4. The minimum Gasteiger partial charge on any atom is -0.497 e. The second-order valence-corrected chi connectivity index (χ2v) is 16.7. The number of rotatable bonds is 14. The zero-order valence-corrected chi connectivity index (χ0v) is 30.8. The third-order valence-corrected chi connectivity index (χ3v) is 11.6. The summed E-state index contributed by atoms with van der Waals surface area (Å²) >= 11 is 0. The van der Waals surface area contributed by atoms with Crippen LogP contribution in [0.5, 0.6) is 5.75 Å². The Bertz CT molecular complexity index is 1970. The van der Waals surface area contributed by atoms with Crippen LogP contribution in [0.3, 0.4) is 0 Å². The summed E-state index contributed by atoms with van der Waals surface area (Å²) in [4.78, 5) is 61.2. The summed E-state index contributed by atoms with van der Waals surface area (Å²) in [5.41, 5.74) is -2.55. The third-order valence-electron chi connectivity index (χ3n) is 9.75. The molecule has 0 spiro atoms. The molecule has 3 aromatic rings. The van der Waals surface area contributed by atoms with Gasteiger partial charge in [-0.1, -0.05) is 20.8 Å². The quantitative estimate of drug-likeness (QED) is 0.211. The SMILES string of the molecule is COc1ccc(-c2nnn([C@@H]3CC(C(=O)N[C@]4(C(=O)NS(=O)(=O)C5CC5)C[C@H]4C(F)F)N(C(=O)[C@@H](NC(=O)OCCn4ccnc4)C(C)(C)C)C3)n2)cc1. The van der Waals surface area contributed by atoms with E-state index in [1.54, 1.807) is 68.3 Å². The maximum absolute atomic E-state index is 14.4. The zero-order valence-electron chi connectivity index (χ0n) is 30.0. The average molecular weight is 777 g/mol. The normalized spacial score (nSPS) is 23.1. The average Bonchev–Trinajstić information content (AvgIpc) is 3.90. The molecule has 2 saturated carbocycles. The van der Waals surface area contributed by atoms with E-state index in [1.807, 2.05) is 4.72 Å². The first kappa shape index (κ1) is 38.5. The number of methoxy groups -OCH3 is 1. The maximum Gasteiger partial charge on any atom is 0.407 e. The van der Waals surface area contributed by atoms with Gasteiger partial charge in [0.15, 0.2) is 0 Å². The van der Waals surface area contributed by atoms with E-state index in [0.29, 0.717) is 30.7 Å². The fourth-order valence-electron chi connectivity index (χ4n) is 6.38. The second-order valence-electron chi connectivity index (χ2n) is 14.7. The molecule has 292 valence electrons. The van der Waals surface area contributed by atoms with E-state index >= 15 is 0 Å². The standard InChI is InChI=1S/C33H42F2N10O8S/c1-32(2,3)25(37-31(49)53-14-13-43-12-11-36-18-43)29(47)44-17-20(45-40-27(39-42-45)19-5-7-21(52-4)8-6-19)15-24(44)28(46)38-33(16-23(33)26(34)35)30(48)41-54(50,51)22-9-10-22/h5-8,11-12,18,20,22-26H,9-10,13-17H2,1-4H3,(H,37,49)(H,38,46)(H,41,48)/t20-,23+,24?,25-,33-/m1/s1. The van der Waals surface area contributed by atoms with E-state index < -0.39 is 86.9 Å². The molecule has 1 unspecified atom stereocenters. The van der Waals surface area contributed by atoms with E-state index in [2.05, 4.69) is 31.0 Å². The molecule has 2 aliphatic carbocycles. The molecule has 3 N–H and O–H groups in total. The number of aromatic nitrogens is 6. The van der Waals surface area contributed by atoms with Gasteiger partial charge in [0.2, 0.25) is 34.1 Å². The Morgan fingerprint density at radius 3 is 2.43 bits per heavy atom. The van der Waals surface area contributed by atoms with Crippen molar-refractivity contribution in [3.8, 4) is 17.1 Å². The Kier molecular flexibility index (Phi) is 10.6. The minimum absolute atomic E-state index is 0.0372. The van der Waals surface area contributed by atoms with Crippen LogP contribution in [0.1, 0.15) is 52.5 Å². The van der Waals surface area contributed by atoms with Crippen LogP contribution in [-0.2, 0) is 35.7 Å². The Labute approximate surface area is 309 Å². The van der Waals surface area contributed by atoms with Crippen molar-refractivity contribution in [1.82, 2.24) is 50.0 Å². The number of imidazole rings is 1. The van der Waals surface area contributed by atoms with E-state index in [4.69, 9.17) is 9.47 Å². The number of alkyl carbamates (subject to hydrolysis) is 1. The number of tetrazole rings is 1. The summed E-state index contributed by atoms with van der Waals surface area (Å²) in [6.45, 7) is 5.18. The van der Waals surface area contributed by atoms with Crippen molar-refractivity contribution in [1.29, 1.82) is 0 Å². The Morgan fingerprint density at radius 1 is 1.11 bits per heavy atom. The lowest BCUT2D eigenvalue weighted by molar-refractivity contribution is -0.143. The van der Waals surface area contributed by atoms with Gasteiger partial charge in [-0.05, 0) is 54.2 Å². The highest BCUT2D eigenvalue weighted by atomic mass is 32.2. The van der Waals surface area contributed by atoms with Gasteiger partial charge in [-0.15, -0.1) is 10.2 Å². The van der Waals surface area contributed by atoms with Crippen molar-refractivity contribution in [3.63, 3.8) is 0 Å². The van der Waals surface area contributed by atoms with E-state index in [-0.39, 0.29) is 25.4 Å². The molecule has 2 aromatic heterocycles. The molecule has 4 amide bonds. The fourth-order valence-corrected chi connectivity index (χ4v) is 7.75. The summed E-state index contributed by atoms with van der Waals surface area (Å²) in [5, 5.41) is 16.9. The van der Waals surface area contributed by atoms with E-state index in [9.17, 15) is 36.4 Å². The predicted molar refractivity (Wildman–Crippen MR) is 184 cm³/mol.